The third-order valence-corrected chi connectivity index (χ3v) is 7.24. The summed E-state index contributed by atoms with van der Waals surface area (Å²) in [4.78, 5) is 41.7. The quantitative estimate of drug-likeness (QED) is 0.377. The van der Waals surface area contributed by atoms with Crippen molar-refractivity contribution in [2.75, 3.05) is 25.5 Å². The van der Waals surface area contributed by atoms with Gasteiger partial charge in [0.15, 0.2) is 0 Å². The maximum Gasteiger partial charge on any atom is 0.247 e. The number of unbranched alkanes of at least 4 members (excludes halogenated alkanes) is 2. The lowest BCUT2D eigenvalue weighted by atomic mass is 9.69. The zero-order valence-corrected chi connectivity index (χ0v) is 20.3. The van der Waals surface area contributed by atoms with E-state index in [1.54, 1.807) is 18.0 Å². The molecule has 1 aliphatic heterocycles. The minimum absolute atomic E-state index is 0.0565. The first-order chi connectivity index (χ1) is 15.8. The van der Waals surface area contributed by atoms with Crippen molar-refractivity contribution in [3.8, 4) is 0 Å². The number of allylic oxidation sites excluding steroid dienone is 1. The molecule has 1 saturated heterocycles. The molecule has 1 aromatic carbocycles. The van der Waals surface area contributed by atoms with Crippen LogP contribution >= 0.6 is 11.6 Å². The number of fused-ring (bicyclic) bond motifs is 1. The van der Waals surface area contributed by atoms with E-state index in [0.29, 0.717) is 30.1 Å². The maximum atomic E-state index is 13.7. The van der Waals surface area contributed by atoms with Crippen LogP contribution in [0.2, 0.25) is 5.02 Å². The summed E-state index contributed by atoms with van der Waals surface area (Å²) < 4.78 is 0. The molecule has 3 N–H and O–H groups in total. The summed E-state index contributed by atoms with van der Waals surface area (Å²) in [6, 6.07) is 4.67. The Morgan fingerprint density at radius 3 is 2.55 bits per heavy atom. The lowest BCUT2D eigenvalue weighted by molar-refractivity contribution is -0.140. The van der Waals surface area contributed by atoms with Crippen molar-refractivity contribution in [3.05, 3.63) is 40.9 Å². The van der Waals surface area contributed by atoms with Gasteiger partial charge in [0.05, 0.1) is 22.5 Å². The van der Waals surface area contributed by atoms with Crippen LogP contribution in [0, 0.1) is 30.6 Å². The number of hydrogen-bond acceptors (Lipinski definition) is 4. The molecule has 1 aliphatic carbocycles. The average Bonchev–Trinajstić information content (AvgIpc) is 3.09. The number of hydrogen-bond donors (Lipinski definition) is 3. The number of amides is 3. The Hall–Kier alpha value is -2.38. The Morgan fingerprint density at radius 2 is 1.91 bits per heavy atom. The number of carbonyl (C=O) groups excluding carboxylic acids is 3. The lowest BCUT2D eigenvalue weighted by Gasteiger charge is -2.33. The highest BCUT2D eigenvalue weighted by atomic mass is 35.5. The predicted octanol–water partition coefficient (Wildman–Crippen LogP) is 3.15. The van der Waals surface area contributed by atoms with E-state index in [2.05, 4.69) is 10.6 Å². The van der Waals surface area contributed by atoms with Crippen LogP contribution in [-0.2, 0) is 14.4 Å². The molecule has 0 unspecified atom stereocenters. The van der Waals surface area contributed by atoms with Crippen molar-refractivity contribution in [2.24, 2.45) is 23.7 Å². The molecule has 3 rings (SSSR count). The highest BCUT2D eigenvalue weighted by molar-refractivity contribution is 6.34. The smallest absolute Gasteiger partial charge is 0.247 e. The van der Waals surface area contributed by atoms with E-state index >= 15 is 0 Å². The molecule has 7 nitrogen and oxygen atoms in total. The van der Waals surface area contributed by atoms with Gasteiger partial charge in [-0.25, -0.2) is 0 Å². The zero-order valence-electron chi connectivity index (χ0n) is 19.5. The molecule has 1 fully saturated rings. The first-order valence-electron chi connectivity index (χ1n) is 11.7. The van der Waals surface area contributed by atoms with Gasteiger partial charge in [-0.2, -0.15) is 0 Å². The lowest BCUT2D eigenvalue weighted by Crippen LogP contribution is -2.45. The molecule has 180 valence electrons. The Balaban J connectivity index is 1.96. The summed E-state index contributed by atoms with van der Waals surface area (Å²) in [5.41, 5.74) is 1.37. The van der Waals surface area contributed by atoms with Gasteiger partial charge in [0.25, 0.3) is 0 Å². The molecule has 5 atom stereocenters. The van der Waals surface area contributed by atoms with Crippen LogP contribution in [0.5, 0.6) is 0 Å². The van der Waals surface area contributed by atoms with Gasteiger partial charge in [0.1, 0.15) is 6.04 Å². The normalized spacial score (nSPS) is 26.3. The second kappa shape index (κ2) is 11.2. The summed E-state index contributed by atoms with van der Waals surface area (Å²) in [5.74, 6) is -2.18. The molecule has 1 heterocycles. The number of aliphatic hydroxyl groups excluding tert-OH is 1. The Morgan fingerprint density at radius 1 is 1.15 bits per heavy atom. The van der Waals surface area contributed by atoms with E-state index in [9.17, 15) is 14.4 Å². The van der Waals surface area contributed by atoms with Gasteiger partial charge in [-0.05, 0) is 50.2 Å². The van der Waals surface area contributed by atoms with Crippen LogP contribution in [0.15, 0.2) is 30.4 Å². The monoisotopic (exact) mass is 475 g/mol. The summed E-state index contributed by atoms with van der Waals surface area (Å²) in [6.45, 7) is 4.36. The summed E-state index contributed by atoms with van der Waals surface area (Å²) >= 11 is 6.34. The largest absolute Gasteiger partial charge is 0.396 e. The first-order valence-corrected chi connectivity index (χ1v) is 12.1. The highest BCUT2D eigenvalue weighted by Crippen LogP contribution is 2.45. The van der Waals surface area contributed by atoms with E-state index in [4.69, 9.17) is 16.7 Å². The molecule has 0 spiro atoms. The van der Waals surface area contributed by atoms with Gasteiger partial charge < -0.3 is 20.6 Å². The number of nitrogens with one attached hydrogen (secondary N) is 2. The summed E-state index contributed by atoms with van der Waals surface area (Å²) in [5, 5.41) is 15.2. The van der Waals surface area contributed by atoms with Crippen LogP contribution in [0.1, 0.15) is 38.2 Å². The van der Waals surface area contributed by atoms with Crippen molar-refractivity contribution >= 4 is 35.0 Å². The molecular formula is C25H34ClN3O4. The number of aliphatic hydroxyl groups is 1. The predicted molar refractivity (Wildman–Crippen MR) is 129 cm³/mol. The summed E-state index contributed by atoms with van der Waals surface area (Å²) in [7, 11) is 1.58. The molecule has 3 amide bonds. The number of nitrogens with zero attached hydrogens (tertiary/aromatic N) is 1. The zero-order chi connectivity index (χ0) is 24.1. The second-order valence-electron chi connectivity index (χ2n) is 8.88. The van der Waals surface area contributed by atoms with Crippen LogP contribution in [0.25, 0.3) is 0 Å². The van der Waals surface area contributed by atoms with Crippen LogP contribution in [0.3, 0.4) is 0 Å². The third kappa shape index (κ3) is 5.09. The second-order valence-corrected chi connectivity index (χ2v) is 9.29. The van der Waals surface area contributed by atoms with Crippen LogP contribution in [-0.4, -0.2) is 54.0 Å². The Bertz CT molecular complexity index is 899. The van der Waals surface area contributed by atoms with E-state index < -0.39 is 23.8 Å². The van der Waals surface area contributed by atoms with Crippen molar-refractivity contribution in [3.63, 3.8) is 0 Å². The maximum absolute atomic E-state index is 13.7. The van der Waals surface area contributed by atoms with Gasteiger partial charge in [0, 0.05) is 26.1 Å². The number of para-hydroxylation sites is 1. The molecule has 2 aliphatic rings. The number of aryl methyl sites for hydroxylation is 1. The number of carbonyl (C=O) groups is 3. The molecule has 33 heavy (non-hydrogen) atoms. The molecule has 0 saturated carbocycles. The van der Waals surface area contributed by atoms with Gasteiger partial charge in [-0.3, -0.25) is 14.4 Å². The first kappa shape index (κ1) is 25.2. The fraction of sp³-hybridized carbons (Fsp3) is 0.560. The molecule has 0 bridgehead atoms. The van der Waals surface area contributed by atoms with Crippen LogP contribution < -0.4 is 10.6 Å². The van der Waals surface area contributed by atoms with Crippen LogP contribution in [0.4, 0.5) is 5.69 Å². The average molecular weight is 476 g/mol. The topological polar surface area (TPSA) is 98.7 Å². The number of rotatable bonds is 9. The van der Waals surface area contributed by atoms with Crippen molar-refractivity contribution in [1.82, 2.24) is 10.2 Å². The number of anilines is 1. The minimum Gasteiger partial charge on any atom is -0.396 e. The van der Waals surface area contributed by atoms with Gasteiger partial charge in [-0.15, -0.1) is 0 Å². The standard InChI is InChI=1S/C25H34ClN3O4/c1-4-16-11-12-17-20(19(16)23(31)27-3)25(33)29(13-6-5-7-14-30)22(17)24(32)28-21-15(2)9-8-10-18(21)26/h8-12,16-17,19-20,22,30H,4-7,13-14H2,1-3H3,(H,27,31)(H,28,32)/t16-,17+,19-,20+,22+/m1/s1. The van der Waals surface area contributed by atoms with E-state index in [1.807, 2.05) is 38.1 Å². The molecular weight excluding hydrogens is 442 g/mol. The van der Waals surface area contributed by atoms with Crippen molar-refractivity contribution in [2.45, 2.75) is 45.6 Å². The van der Waals surface area contributed by atoms with Gasteiger partial charge in [0.2, 0.25) is 17.7 Å². The van der Waals surface area contributed by atoms with Crippen molar-refractivity contribution in [1.29, 1.82) is 0 Å². The third-order valence-electron chi connectivity index (χ3n) is 6.93. The molecule has 8 heteroatoms. The number of benzene rings is 1. The molecule has 1 aromatic rings. The SMILES string of the molecule is CC[C@@H]1C=C[C@H]2[C@H](C(=O)N(CCCCCO)[C@@H]2C(=O)Nc2c(C)cccc2Cl)[C@@H]1C(=O)NC. The van der Waals surface area contributed by atoms with E-state index in [-0.39, 0.29) is 30.2 Å². The van der Waals surface area contributed by atoms with E-state index in [0.717, 1.165) is 18.4 Å². The molecule has 0 aromatic heterocycles. The van der Waals surface area contributed by atoms with Gasteiger partial charge >= 0.3 is 0 Å². The van der Waals surface area contributed by atoms with Crippen molar-refractivity contribution < 1.29 is 19.5 Å². The summed E-state index contributed by atoms with van der Waals surface area (Å²) in [6.07, 6.45) is 6.74. The molecule has 0 radical (unpaired) electrons. The minimum atomic E-state index is -0.728. The Kier molecular flexibility index (Phi) is 8.54. The fourth-order valence-electron chi connectivity index (χ4n) is 5.21. The van der Waals surface area contributed by atoms with E-state index in [1.165, 1.54) is 0 Å². The Labute approximate surface area is 200 Å². The number of likely N-dealkylation sites (tertiary alicyclic amines) is 1. The number of halogens is 1. The van der Waals surface area contributed by atoms with Gasteiger partial charge in [-0.1, -0.05) is 42.8 Å². The fourth-order valence-corrected chi connectivity index (χ4v) is 5.48. The highest BCUT2D eigenvalue weighted by Gasteiger charge is 2.56.